The standard InChI is InChI=1S/C25H23ClN2O8/c1-28(2)13-8-12(15-3-4-16(26)36-15)20(30)18-11(13)6-9-5-10-7-14(29)19(24(27)34)23(33)25(10,35)22(32)17(9)21(18)31/h3-4,8-10,30-31,33,35H,5-7H2,1-2H3,(H2,27,34)/t9-,10+,25+/m1/s1. The number of fused-ring (bicyclic) bond motifs is 3. The third kappa shape index (κ3) is 3.11. The Morgan fingerprint density at radius 3 is 2.47 bits per heavy atom. The van der Waals surface area contributed by atoms with Crippen molar-refractivity contribution in [3.63, 3.8) is 0 Å². The fraction of sp³-hybridized carbons (Fsp3) is 0.320. The second-order valence-electron chi connectivity index (χ2n) is 9.55. The Morgan fingerprint density at radius 2 is 1.89 bits per heavy atom. The number of aliphatic hydroxyl groups is 3. The number of phenols is 1. The second-order valence-corrected chi connectivity index (χ2v) is 9.92. The number of hydrogen-bond acceptors (Lipinski definition) is 9. The molecule has 36 heavy (non-hydrogen) atoms. The Kier molecular flexibility index (Phi) is 5.24. The lowest BCUT2D eigenvalue weighted by molar-refractivity contribution is -0.147. The first kappa shape index (κ1) is 24.0. The summed E-state index contributed by atoms with van der Waals surface area (Å²) in [5.41, 5.74) is 2.97. The molecular weight excluding hydrogens is 492 g/mol. The zero-order valence-corrected chi connectivity index (χ0v) is 20.1. The number of nitrogens with two attached hydrogens (primary N) is 1. The normalized spacial score (nSPS) is 25.4. The zero-order chi connectivity index (χ0) is 26.3. The lowest BCUT2D eigenvalue weighted by Gasteiger charge is -2.46. The molecule has 6 N–H and O–H groups in total. The molecule has 2 aromatic rings. The van der Waals surface area contributed by atoms with Crippen LogP contribution in [0.3, 0.4) is 0 Å². The highest BCUT2D eigenvalue weighted by molar-refractivity contribution is 6.29. The molecule has 0 spiro atoms. The molecule has 10 nitrogen and oxygen atoms in total. The van der Waals surface area contributed by atoms with Crippen LogP contribution in [0.25, 0.3) is 17.1 Å². The summed E-state index contributed by atoms with van der Waals surface area (Å²) in [6.07, 6.45) is -0.104. The molecule has 0 bridgehead atoms. The highest BCUT2D eigenvalue weighted by Crippen LogP contribution is 2.54. The molecule has 3 aliphatic carbocycles. The molecule has 0 radical (unpaired) electrons. The van der Waals surface area contributed by atoms with Gasteiger partial charge in [-0.25, -0.2) is 0 Å². The maximum Gasteiger partial charge on any atom is 0.255 e. The predicted octanol–water partition coefficient (Wildman–Crippen LogP) is 2.40. The Labute approximate surface area is 209 Å². The van der Waals surface area contributed by atoms with Gasteiger partial charge < -0.3 is 35.5 Å². The number of primary amides is 1. The van der Waals surface area contributed by atoms with Gasteiger partial charge in [0.1, 0.15) is 28.6 Å². The van der Waals surface area contributed by atoms with Gasteiger partial charge >= 0.3 is 0 Å². The van der Waals surface area contributed by atoms with Crippen LogP contribution in [0.2, 0.25) is 5.22 Å². The van der Waals surface area contributed by atoms with Crippen LogP contribution in [0, 0.1) is 11.8 Å². The van der Waals surface area contributed by atoms with Gasteiger partial charge in [0, 0.05) is 37.7 Å². The average Bonchev–Trinajstić information content (AvgIpc) is 3.21. The summed E-state index contributed by atoms with van der Waals surface area (Å²) in [4.78, 5) is 39.7. The maximum atomic E-state index is 13.7. The monoisotopic (exact) mass is 514 g/mol. The summed E-state index contributed by atoms with van der Waals surface area (Å²) in [5, 5.41) is 44.7. The van der Waals surface area contributed by atoms with E-state index in [0.29, 0.717) is 11.3 Å². The third-order valence-electron chi connectivity index (χ3n) is 7.36. The van der Waals surface area contributed by atoms with Gasteiger partial charge in [0.15, 0.2) is 16.6 Å². The predicted molar refractivity (Wildman–Crippen MR) is 128 cm³/mol. The first-order chi connectivity index (χ1) is 16.9. The number of carbonyl (C=O) groups is 3. The molecule has 0 unspecified atom stereocenters. The molecular formula is C25H23ClN2O8. The number of anilines is 1. The minimum absolute atomic E-state index is 0.0177. The topological polar surface area (TPSA) is 175 Å². The summed E-state index contributed by atoms with van der Waals surface area (Å²) in [6, 6.07) is 4.72. The quantitative estimate of drug-likeness (QED) is 0.385. The number of halogens is 1. The number of ketones is 2. The lowest BCUT2D eigenvalue weighted by atomic mass is 9.59. The van der Waals surface area contributed by atoms with Crippen LogP contribution in [0.5, 0.6) is 5.75 Å². The molecule has 188 valence electrons. The SMILES string of the molecule is CN(C)c1cc(-c2ccc(Cl)o2)c(O)c2c1C[C@H]1C[C@H]3CC(=O)C(C(N)=O)=C(O)[C@@]3(O)C(=O)C1=C2O. The van der Waals surface area contributed by atoms with Crippen molar-refractivity contribution in [3.8, 4) is 17.1 Å². The van der Waals surface area contributed by atoms with Gasteiger partial charge in [-0.05, 0) is 54.1 Å². The molecule has 5 rings (SSSR count). The summed E-state index contributed by atoms with van der Waals surface area (Å²) >= 11 is 5.91. The van der Waals surface area contributed by atoms with Crippen molar-refractivity contribution in [2.75, 3.05) is 19.0 Å². The van der Waals surface area contributed by atoms with E-state index in [1.807, 2.05) is 0 Å². The smallest absolute Gasteiger partial charge is 0.255 e. The average molecular weight is 515 g/mol. The highest BCUT2D eigenvalue weighted by Gasteiger charge is 2.60. The number of carbonyl (C=O) groups excluding carboxylic acids is 3. The van der Waals surface area contributed by atoms with Crippen LogP contribution in [-0.4, -0.2) is 57.6 Å². The van der Waals surface area contributed by atoms with Crippen LogP contribution < -0.4 is 10.6 Å². The fourth-order valence-electron chi connectivity index (χ4n) is 5.72. The molecule has 1 fully saturated rings. The van der Waals surface area contributed by atoms with Gasteiger partial charge in [-0.2, -0.15) is 0 Å². The number of furan rings is 1. The molecule has 1 amide bonds. The molecule has 1 aromatic heterocycles. The number of nitrogens with zero attached hydrogens (tertiary/aromatic N) is 1. The van der Waals surface area contributed by atoms with Crippen LogP contribution in [0.1, 0.15) is 24.0 Å². The summed E-state index contributed by atoms with van der Waals surface area (Å²) in [7, 11) is 3.56. The molecule has 0 aliphatic heterocycles. The van der Waals surface area contributed by atoms with E-state index in [9.17, 15) is 34.8 Å². The van der Waals surface area contributed by atoms with E-state index in [1.165, 1.54) is 6.07 Å². The van der Waals surface area contributed by atoms with Crippen molar-refractivity contribution >= 4 is 40.5 Å². The van der Waals surface area contributed by atoms with Crippen molar-refractivity contribution in [2.24, 2.45) is 17.6 Å². The Balaban J connectivity index is 1.75. The molecule has 1 heterocycles. The van der Waals surface area contributed by atoms with Gasteiger partial charge in [-0.15, -0.1) is 0 Å². The molecule has 1 aromatic carbocycles. The Hall–Kier alpha value is -3.76. The van der Waals surface area contributed by atoms with E-state index >= 15 is 0 Å². The number of Topliss-reactive ketones (excluding diaryl/α,β-unsaturated/α-hetero) is 2. The van der Waals surface area contributed by atoms with E-state index < -0.39 is 52.0 Å². The van der Waals surface area contributed by atoms with Crippen molar-refractivity contribution in [3.05, 3.63) is 51.5 Å². The van der Waals surface area contributed by atoms with Crippen molar-refractivity contribution in [1.29, 1.82) is 0 Å². The van der Waals surface area contributed by atoms with Crippen LogP contribution in [0.15, 0.2) is 39.5 Å². The molecule has 0 saturated heterocycles. The minimum atomic E-state index is -2.61. The summed E-state index contributed by atoms with van der Waals surface area (Å²) in [6.45, 7) is 0. The molecule has 3 aliphatic rings. The van der Waals surface area contributed by atoms with Crippen LogP contribution in [0.4, 0.5) is 5.69 Å². The second kappa shape index (κ2) is 7.87. The number of benzene rings is 1. The molecule has 1 saturated carbocycles. The summed E-state index contributed by atoms with van der Waals surface area (Å²) in [5.74, 6) is -6.51. The first-order valence-electron chi connectivity index (χ1n) is 11.2. The number of hydrogen-bond donors (Lipinski definition) is 5. The van der Waals surface area contributed by atoms with Crippen LogP contribution >= 0.6 is 11.6 Å². The van der Waals surface area contributed by atoms with E-state index in [2.05, 4.69) is 0 Å². The van der Waals surface area contributed by atoms with E-state index in [1.54, 1.807) is 31.1 Å². The third-order valence-corrected chi connectivity index (χ3v) is 7.56. The number of rotatable bonds is 3. The maximum absolute atomic E-state index is 13.7. The fourth-order valence-corrected chi connectivity index (χ4v) is 5.86. The van der Waals surface area contributed by atoms with Gasteiger partial charge in [0.05, 0.1) is 11.1 Å². The van der Waals surface area contributed by atoms with Gasteiger partial charge in [-0.3, -0.25) is 14.4 Å². The number of aromatic hydroxyl groups is 1. The largest absolute Gasteiger partial charge is 0.508 e. The van der Waals surface area contributed by atoms with E-state index in [4.69, 9.17) is 21.8 Å². The van der Waals surface area contributed by atoms with E-state index in [0.717, 1.165) is 0 Å². The Morgan fingerprint density at radius 1 is 1.19 bits per heavy atom. The Bertz CT molecular complexity index is 1440. The van der Waals surface area contributed by atoms with Gasteiger partial charge in [-0.1, -0.05) is 0 Å². The lowest BCUT2D eigenvalue weighted by Crippen LogP contribution is -2.58. The number of aliphatic hydroxyl groups excluding tert-OH is 2. The van der Waals surface area contributed by atoms with Crippen molar-refractivity contribution in [1.82, 2.24) is 0 Å². The number of phenolic OH excluding ortho intramolecular Hbond substituents is 1. The molecule has 11 heteroatoms. The summed E-state index contributed by atoms with van der Waals surface area (Å²) < 4.78 is 5.45. The highest BCUT2D eigenvalue weighted by atomic mass is 35.5. The van der Waals surface area contributed by atoms with Gasteiger partial charge in [0.2, 0.25) is 5.78 Å². The minimum Gasteiger partial charge on any atom is -0.508 e. The van der Waals surface area contributed by atoms with Crippen molar-refractivity contribution < 1.29 is 39.2 Å². The molecule has 3 atom stereocenters. The number of amides is 1. The van der Waals surface area contributed by atoms with E-state index in [-0.39, 0.29) is 52.7 Å². The van der Waals surface area contributed by atoms with Crippen molar-refractivity contribution in [2.45, 2.75) is 24.9 Å². The zero-order valence-electron chi connectivity index (χ0n) is 19.3. The van der Waals surface area contributed by atoms with Crippen LogP contribution in [-0.2, 0) is 20.8 Å². The van der Waals surface area contributed by atoms with Gasteiger partial charge in [0.25, 0.3) is 5.91 Å². The first-order valence-corrected chi connectivity index (χ1v) is 11.5.